The molecule has 1 aromatic rings. The Morgan fingerprint density at radius 2 is 1.96 bits per heavy atom. The zero-order valence-electron chi connectivity index (χ0n) is 14.6. The number of fused-ring (bicyclic) bond motifs is 1. The van der Waals surface area contributed by atoms with Crippen molar-refractivity contribution in [1.29, 1.82) is 0 Å². The van der Waals surface area contributed by atoms with Gasteiger partial charge in [0.1, 0.15) is 0 Å². The molecule has 2 aliphatic heterocycles. The van der Waals surface area contributed by atoms with Crippen molar-refractivity contribution in [3.63, 3.8) is 0 Å². The summed E-state index contributed by atoms with van der Waals surface area (Å²) in [5, 5.41) is 4.32. The maximum atomic E-state index is 5.81. The van der Waals surface area contributed by atoms with Crippen LogP contribution >= 0.6 is 0 Å². The largest absolute Gasteiger partial charge is 0.381 e. The van der Waals surface area contributed by atoms with Gasteiger partial charge in [-0.15, -0.1) is 0 Å². The molecule has 4 fully saturated rings. The highest BCUT2D eigenvalue weighted by molar-refractivity contribution is 5.17. The summed E-state index contributed by atoms with van der Waals surface area (Å²) in [5.74, 6) is 4.25. The Morgan fingerprint density at radius 1 is 1.08 bits per heavy atom. The average molecular weight is 331 g/mol. The Morgan fingerprint density at radius 3 is 2.79 bits per heavy atom. The van der Waals surface area contributed by atoms with E-state index in [9.17, 15) is 0 Å². The highest BCUT2D eigenvalue weighted by Crippen LogP contribution is 2.50. The smallest absolute Gasteiger partial charge is 0.234 e. The maximum Gasteiger partial charge on any atom is 0.234 e. The predicted molar refractivity (Wildman–Crippen MR) is 89.7 cm³/mol. The number of aromatic nitrogens is 2. The third kappa shape index (κ3) is 2.80. The minimum Gasteiger partial charge on any atom is -0.381 e. The van der Waals surface area contributed by atoms with Crippen LogP contribution in [0.4, 0.5) is 0 Å². The van der Waals surface area contributed by atoms with Gasteiger partial charge in [-0.25, -0.2) is 0 Å². The molecule has 0 N–H and O–H groups in total. The molecular weight excluding hydrogens is 302 g/mol. The normalized spacial score (nSPS) is 34.8. The standard InChI is InChI=1S/C19H29N3O2/c1-2-16-12-22(11-15-5-8-23-9-6-15)13-19(16,7-1)18-20-17(21-24-18)10-14-3-4-14/h14-16H,1-13H2/t16-,19-/m1/s1. The van der Waals surface area contributed by atoms with Crippen LogP contribution in [-0.2, 0) is 16.6 Å². The van der Waals surface area contributed by atoms with E-state index in [1.54, 1.807) is 0 Å². The highest BCUT2D eigenvalue weighted by Gasteiger charge is 2.54. The molecule has 0 spiro atoms. The highest BCUT2D eigenvalue weighted by atomic mass is 16.5. The van der Waals surface area contributed by atoms with Crippen molar-refractivity contribution in [2.75, 3.05) is 32.8 Å². The fourth-order valence-electron chi connectivity index (χ4n) is 5.30. The van der Waals surface area contributed by atoms with Crippen molar-refractivity contribution < 1.29 is 9.26 Å². The molecule has 5 nitrogen and oxygen atoms in total. The van der Waals surface area contributed by atoms with Crippen LogP contribution in [-0.4, -0.2) is 47.9 Å². The summed E-state index contributed by atoms with van der Waals surface area (Å²) in [5.41, 5.74) is 0.153. The Kier molecular flexibility index (Phi) is 3.89. The van der Waals surface area contributed by atoms with Crippen molar-refractivity contribution in [2.24, 2.45) is 17.8 Å². The van der Waals surface area contributed by atoms with Gasteiger partial charge in [-0.05, 0) is 56.3 Å². The van der Waals surface area contributed by atoms with Crippen molar-refractivity contribution in [3.8, 4) is 0 Å². The first-order valence-electron chi connectivity index (χ1n) is 9.95. The molecule has 2 atom stereocenters. The molecule has 5 heteroatoms. The predicted octanol–water partition coefficient (Wildman–Crippen LogP) is 2.80. The summed E-state index contributed by atoms with van der Waals surface area (Å²) >= 11 is 0. The summed E-state index contributed by atoms with van der Waals surface area (Å²) in [4.78, 5) is 7.55. The molecule has 0 aromatic carbocycles. The number of hydrogen-bond acceptors (Lipinski definition) is 5. The number of hydrogen-bond donors (Lipinski definition) is 0. The minimum absolute atomic E-state index is 0.153. The van der Waals surface area contributed by atoms with E-state index in [4.69, 9.17) is 14.2 Å². The van der Waals surface area contributed by atoms with E-state index >= 15 is 0 Å². The van der Waals surface area contributed by atoms with Gasteiger partial charge in [-0.1, -0.05) is 11.6 Å². The van der Waals surface area contributed by atoms with Crippen LogP contribution in [0.1, 0.15) is 56.7 Å². The number of nitrogens with zero attached hydrogens (tertiary/aromatic N) is 3. The van der Waals surface area contributed by atoms with Crippen molar-refractivity contribution in [2.45, 2.75) is 56.8 Å². The summed E-state index contributed by atoms with van der Waals surface area (Å²) in [6, 6.07) is 0. The van der Waals surface area contributed by atoms with Gasteiger partial charge in [0.15, 0.2) is 5.82 Å². The lowest BCUT2D eigenvalue weighted by atomic mass is 9.80. The van der Waals surface area contributed by atoms with E-state index in [2.05, 4.69) is 10.1 Å². The summed E-state index contributed by atoms with van der Waals surface area (Å²) in [6.45, 7) is 5.46. The molecule has 0 unspecified atom stereocenters. The van der Waals surface area contributed by atoms with Crippen molar-refractivity contribution in [3.05, 3.63) is 11.7 Å². The summed E-state index contributed by atoms with van der Waals surface area (Å²) in [6.07, 6.45) is 10.0. The van der Waals surface area contributed by atoms with Crippen molar-refractivity contribution >= 4 is 0 Å². The van der Waals surface area contributed by atoms with Gasteiger partial charge in [-0.3, -0.25) is 0 Å². The summed E-state index contributed by atoms with van der Waals surface area (Å²) in [7, 11) is 0. The van der Waals surface area contributed by atoms with E-state index in [1.165, 1.54) is 58.0 Å². The Labute approximate surface area is 144 Å². The lowest BCUT2D eigenvalue weighted by Gasteiger charge is -2.28. The number of ether oxygens (including phenoxy) is 1. The Hall–Kier alpha value is -0.940. The average Bonchev–Trinajstić information content (AvgIpc) is 2.97. The van der Waals surface area contributed by atoms with Gasteiger partial charge < -0.3 is 14.2 Å². The second-order valence-corrected chi connectivity index (χ2v) is 8.66. The quantitative estimate of drug-likeness (QED) is 0.830. The first kappa shape index (κ1) is 15.3. The van der Waals surface area contributed by atoms with Crippen LogP contribution in [0.15, 0.2) is 4.52 Å². The Balaban J connectivity index is 1.30. The summed E-state index contributed by atoms with van der Waals surface area (Å²) < 4.78 is 11.3. The first-order chi connectivity index (χ1) is 11.8. The van der Waals surface area contributed by atoms with E-state index in [0.29, 0.717) is 5.92 Å². The SMILES string of the molecule is C1C[C@@H]2CN(CC3CCOCC3)C[C@]2(c2nc(CC3CC3)no2)C1. The van der Waals surface area contributed by atoms with Gasteiger partial charge in [-0.2, -0.15) is 4.98 Å². The fourth-order valence-corrected chi connectivity index (χ4v) is 5.30. The Bertz CT molecular complexity index is 579. The lowest BCUT2D eigenvalue weighted by molar-refractivity contribution is 0.0541. The molecule has 0 amide bonds. The molecule has 4 aliphatic rings. The minimum atomic E-state index is 0.153. The van der Waals surface area contributed by atoms with Crippen LogP contribution in [0.3, 0.4) is 0 Å². The molecule has 2 saturated heterocycles. The van der Waals surface area contributed by atoms with Gasteiger partial charge in [0.2, 0.25) is 5.89 Å². The zero-order valence-corrected chi connectivity index (χ0v) is 14.6. The van der Waals surface area contributed by atoms with E-state index in [-0.39, 0.29) is 5.41 Å². The molecule has 2 saturated carbocycles. The van der Waals surface area contributed by atoms with Crippen LogP contribution in [0.5, 0.6) is 0 Å². The van der Waals surface area contributed by atoms with Crippen molar-refractivity contribution in [1.82, 2.24) is 15.0 Å². The van der Waals surface area contributed by atoms with Gasteiger partial charge in [0.05, 0.1) is 5.41 Å². The molecule has 0 bridgehead atoms. The lowest BCUT2D eigenvalue weighted by Crippen LogP contribution is -2.35. The third-order valence-corrected chi connectivity index (χ3v) is 6.86. The molecule has 0 radical (unpaired) electrons. The molecular formula is C19H29N3O2. The second-order valence-electron chi connectivity index (χ2n) is 8.66. The van der Waals surface area contributed by atoms with Crippen LogP contribution in [0.2, 0.25) is 0 Å². The molecule has 24 heavy (non-hydrogen) atoms. The first-order valence-corrected chi connectivity index (χ1v) is 9.95. The topological polar surface area (TPSA) is 51.4 Å². The van der Waals surface area contributed by atoms with E-state index in [1.807, 2.05) is 0 Å². The molecule has 132 valence electrons. The second kappa shape index (κ2) is 6.10. The van der Waals surface area contributed by atoms with Gasteiger partial charge in [0.25, 0.3) is 0 Å². The van der Waals surface area contributed by atoms with Crippen LogP contribution < -0.4 is 0 Å². The van der Waals surface area contributed by atoms with Crippen LogP contribution in [0.25, 0.3) is 0 Å². The third-order valence-electron chi connectivity index (χ3n) is 6.86. The molecule has 1 aromatic heterocycles. The van der Waals surface area contributed by atoms with Gasteiger partial charge in [0, 0.05) is 39.3 Å². The van der Waals surface area contributed by atoms with Gasteiger partial charge >= 0.3 is 0 Å². The maximum absolute atomic E-state index is 5.81. The van der Waals surface area contributed by atoms with E-state index < -0.39 is 0 Å². The fraction of sp³-hybridized carbons (Fsp3) is 0.895. The van der Waals surface area contributed by atoms with Crippen LogP contribution in [0, 0.1) is 17.8 Å². The monoisotopic (exact) mass is 331 g/mol. The van der Waals surface area contributed by atoms with E-state index in [0.717, 1.165) is 49.7 Å². The molecule has 5 rings (SSSR count). The molecule has 3 heterocycles. The zero-order chi connectivity index (χ0) is 16.0. The molecule has 2 aliphatic carbocycles. The number of rotatable bonds is 5. The number of likely N-dealkylation sites (tertiary alicyclic amines) is 1.